The number of benzene rings is 2. The van der Waals surface area contributed by atoms with Gasteiger partial charge in [0.2, 0.25) is 11.8 Å². The molecular weight excluding hydrogens is 295 g/mol. The summed E-state index contributed by atoms with van der Waals surface area (Å²) in [4.78, 5) is 25.0. The van der Waals surface area contributed by atoms with Crippen LogP contribution in [0.2, 0.25) is 0 Å². The molecule has 0 fully saturated rings. The minimum Gasteiger partial charge on any atom is -0.326 e. The molecule has 5 heteroatoms. The molecule has 0 aliphatic carbocycles. The molecule has 0 saturated carbocycles. The molecule has 4 nitrogen and oxygen atoms in total. The molecule has 2 amide bonds. The van der Waals surface area contributed by atoms with Gasteiger partial charge in [-0.3, -0.25) is 9.59 Å². The molecule has 0 aromatic heterocycles. The zero-order valence-electron chi connectivity index (χ0n) is 13.2. The summed E-state index contributed by atoms with van der Waals surface area (Å²) in [5.74, 6) is -1.02. The number of aryl methyl sites for hydroxylation is 1. The maximum Gasteiger partial charge on any atom is 0.226 e. The van der Waals surface area contributed by atoms with E-state index in [-0.39, 0.29) is 30.5 Å². The summed E-state index contributed by atoms with van der Waals surface area (Å²) in [6.45, 7) is 3.41. The highest BCUT2D eigenvalue weighted by atomic mass is 19.1. The highest BCUT2D eigenvalue weighted by Crippen LogP contribution is 2.19. The molecule has 0 saturated heterocycles. The number of halogens is 1. The van der Waals surface area contributed by atoms with Crippen molar-refractivity contribution >= 4 is 23.2 Å². The Morgan fingerprint density at radius 2 is 1.87 bits per heavy atom. The molecule has 0 heterocycles. The lowest BCUT2D eigenvalue weighted by molar-refractivity contribution is -0.117. The number of carbonyl (C=O) groups is 2. The Morgan fingerprint density at radius 1 is 1.13 bits per heavy atom. The van der Waals surface area contributed by atoms with E-state index in [2.05, 4.69) is 5.32 Å². The van der Waals surface area contributed by atoms with Crippen LogP contribution >= 0.6 is 0 Å². The first-order valence-corrected chi connectivity index (χ1v) is 7.36. The molecule has 0 aliphatic heterocycles. The second-order valence-corrected chi connectivity index (χ2v) is 5.29. The van der Waals surface area contributed by atoms with Crippen molar-refractivity contribution in [3.63, 3.8) is 0 Å². The fourth-order valence-corrected chi connectivity index (χ4v) is 2.28. The number of hydrogen-bond donors (Lipinski definition) is 1. The highest BCUT2D eigenvalue weighted by Gasteiger charge is 2.16. The lowest BCUT2D eigenvalue weighted by Crippen LogP contribution is -2.32. The summed E-state index contributed by atoms with van der Waals surface area (Å²) in [5.41, 5.74) is 1.93. The van der Waals surface area contributed by atoms with Gasteiger partial charge in [0.25, 0.3) is 0 Å². The number of rotatable bonds is 5. The maximum atomic E-state index is 13.8. The van der Waals surface area contributed by atoms with Gasteiger partial charge in [-0.1, -0.05) is 24.3 Å². The van der Waals surface area contributed by atoms with Gasteiger partial charge in [-0.15, -0.1) is 0 Å². The summed E-state index contributed by atoms with van der Waals surface area (Å²) < 4.78 is 13.8. The summed E-state index contributed by atoms with van der Waals surface area (Å²) in [7, 11) is 0. The molecule has 0 unspecified atom stereocenters. The van der Waals surface area contributed by atoms with Crippen molar-refractivity contribution in [1.82, 2.24) is 0 Å². The number of nitrogens with zero attached hydrogens (tertiary/aromatic N) is 1. The first-order valence-electron chi connectivity index (χ1n) is 7.36. The molecule has 120 valence electrons. The molecule has 2 aromatic rings. The predicted molar refractivity (Wildman–Crippen MR) is 88.9 cm³/mol. The molecule has 1 N–H and O–H groups in total. The van der Waals surface area contributed by atoms with Crippen LogP contribution in [0.15, 0.2) is 48.5 Å². The van der Waals surface area contributed by atoms with Gasteiger partial charge in [0.1, 0.15) is 5.82 Å². The third kappa shape index (κ3) is 4.64. The lowest BCUT2D eigenvalue weighted by Gasteiger charge is -2.21. The maximum absolute atomic E-state index is 13.8. The number of anilines is 2. The van der Waals surface area contributed by atoms with Gasteiger partial charge in [-0.05, 0) is 36.8 Å². The van der Waals surface area contributed by atoms with E-state index in [4.69, 9.17) is 0 Å². The quantitative estimate of drug-likeness (QED) is 0.918. The van der Waals surface area contributed by atoms with Crippen molar-refractivity contribution in [2.24, 2.45) is 0 Å². The van der Waals surface area contributed by atoms with Crippen LogP contribution in [0.1, 0.15) is 18.9 Å². The smallest absolute Gasteiger partial charge is 0.226 e. The van der Waals surface area contributed by atoms with Gasteiger partial charge in [0, 0.05) is 25.6 Å². The van der Waals surface area contributed by atoms with Gasteiger partial charge in [0.05, 0.1) is 5.69 Å². The average molecular weight is 314 g/mol. The summed E-state index contributed by atoms with van der Waals surface area (Å²) >= 11 is 0. The Kier molecular flexibility index (Phi) is 5.46. The van der Waals surface area contributed by atoms with E-state index >= 15 is 0 Å². The number of hydrogen-bond acceptors (Lipinski definition) is 2. The number of nitrogens with one attached hydrogen (secondary N) is 1. The van der Waals surface area contributed by atoms with Crippen LogP contribution in [0, 0.1) is 12.7 Å². The Hall–Kier alpha value is -2.69. The summed E-state index contributed by atoms with van der Waals surface area (Å²) in [6, 6.07) is 13.5. The van der Waals surface area contributed by atoms with Crippen LogP contribution in [0.4, 0.5) is 15.8 Å². The molecule has 2 aromatic carbocycles. The first-order chi connectivity index (χ1) is 11.0. The molecule has 0 aliphatic rings. The minimum absolute atomic E-state index is 0.0852. The van der Waals surface area contributed by atoms with Crippen LogP contribution in [-0.2, 0) is 9.59 Å². The first kappa shape index (κ1) is 16.7. The van der Waals surface area contributed by atoms with Crippen molar-refractivity contribution in [3.05, 3.63) is 59.9 Å². The van der Waals surface area contributed by atoms with Crippen LogP contribution in [0.3, 0.4) is 0 Å². The van der Waals surface area contributed by atoms with Gasteiger partial charge in [0.15, 0.2) is 0 Å². The van der Waals surface area contributed by atoms with Gasteiger partial charge >= 0.3 is 0 Å². The standard InChI is InChI=1S/C18H19FN2O2/c1-13-6-5-7-15(12-13)20-18(23)10-11-21(14(2)22)17-9-4-3-8-16(17)19/h3-9,12H,10-11H2,1-2H3,(H,20,23). The van der Waals surface area contributed by atoms with Crippen molar-refractivity contribution in [3.8, 4) is 0 Å². The Labute approximate surface area is 134 Å². The van der Waals surface area contributed by atoms with Gasteiger partial charge in [-0.25, -0.2) is 4.39 Å². The predicted octanol–water partition coefficient (Wildman–Crippen LogP) is 3.52. The summed E-state index contributed by atoms with van der Waals surface area (Å²) in [5, 5.41) is 2.77. The van der Waals surface area contributed by atoms with Gasteiger partial charge < -0.3 is 10.2 Å². The van der Waals surface area contributed by atoms with E-state index < -0.39 is 5.82 Å². The van der Waals surface area contributed by atoms with Crippen LogP contribution in [0.25, 0.3) is 0 Å². The second-order valence-electron chi connectivity index (χ2n) is 5.29. The van der Waals surface area contributed by atoms with E-state index in [1.807, 2.05) is 25.1 Å². The molecule has 0 spiro atoms. The molecule has 0 atom stereocenters. The fraction of sp³-hybridized carbons (Fsp3) is 0.222. The SMILES string of the molecule is CC(=O)N(CCC(=O)Nc1cccc(C)c1)c1ccccc1F. The fourth-order valence-electron chi connectivity index (χ4n) is 2.28. The van der Waals surface area contributed by atoms with Crippen molar-refractivity contribution < 1.29 is 14.0 Å². The number of amides is 2. The van der Waals surface area contributed by atoms with Crippen molar-refractivity contribution in [2.45, 2.75) is 20.3 Å². The second kappa shape index (κ2) is 7.54. The Bertz CT molecular complexity index is 716. The van der Waals surface area contributed by atoms with E-state index in [0.29, 0.717) is 5.69 Å². The van der Waals surface area contributed by atoms with Crippen molar-refractivity contribution in [2.75, 3.05) is 16.8 Å². The van der Waals surface area contributed by atoms with E-state index in [0.717, 1.165) is 5.56 Å². The normalized spacial score (nSPS) is 10.2. The van der Waals surface area contributed by atoms with Crippen LogP contribution in [0.5, 0.6) is 0 Å². The Balaban J connectivity index is 2.00. The highest BCUT2D eigenvalue weighted by molar-refractivity contribution is 5.94. The average Bonchev–Trinajstić information content (AvgIpc) is 2.49. The monoisotopic (exact) mass is 314 g/mol. The van der Waals surface area contributed by atoms with Crippen molar-refractivity contribution in [1.29, 1.82) is 0 Å². The topological polar surface area (TPSA) is 49.4 Å². The number of para-hydroxylation sites is 1. The van der Waals surface area contributed by atoms with Crippen LogP contribution < -0.4 is 10.2 Å². The van der Waals surface area contributed by atoms with Crippen LogP contribution in [-0.4, -0.2) is 18.4 Å². The van der Waals surface area contributed by atoms with Gasteiger partial charge in [-0.2, -0.15) is 0 Å². The molecule has 0 bridgehead atoms. The zero-order chi connectivity index (χ0) is 16.8. The third-order valence-corrected chi connectivity index (χ3v) is 3.39. The largest absolute Gasteiger partial charge is 0.326 e. The molecular formula is C18H19FN2O2. The van der Waals surface area contributed by atoms with E-state index in [1.54, 1.807) is 18.2 Å². The zero-order valence-corrected chi connectivity index (χ0v) is 13.2. The molecule has 23 heavy (non-hydrogen) atoms. The third-order valence-electron chi connectivity index (χ3n) is 3.39. The summed E-state index contributed by atoms with van der Waals surface area (Å²) in [6.07, 6.45) is 0.0852. The van der Waals surface area contributed by atoms with E-state index in [9.17, 15) is 14.0 Å². The Morgan fingerprint density at radius 3 is 2.52 bits per heavy atom. The number of carbonyl (C=O) groups excluding carboxylic acids is 2. The minimum atomic E-state index is -0.484. The molecule has 0 radical (unpaired) electrons. The molecule has 2 rings (SSSR count). The lowest BCUT2D eigenvalue weighted by atomic mass is 10.2. The van der Waals surface area contributed by atoms with E-state index in [1.165, 1.54) is 24.0 Å².